The Morgan fingerprint density at radius 3 is 2.78 bits per heavy atom. The summed E-state index contributed by atoms with van der Waals surface area (Å²) < 4.78 is 33.6. The standard InChI is InChI=1S/C23H27N3O5S/c1-15-11-18-20(31-14-22(27)25-18)12-21(15)32(29,30)26-10-6-9-19(26)23(28)24-13-16(2)17-7-4-3-5-8-17/h3-5,7-8,11-12,16,19H,6,9-10,13-14H2,1-2H3,(H,24,28)(H,25,27)/t16-,19+/m0/s1. The maximum absolute atomic E-state index is 13.5. The predicted molar refractivity (Wildman–Crippen MR) is 120 cm³/mol. The van der Waals surface area contributed by atoms with Crippen molar-refractivity contribution in [1.82, 2.24) is 9.62 Å². The van der Waals surface area contributed by atoms with E-state index in [0.717, 1.165) is 5.56 Å². The van der Waals surface area contributed by atoms with E-state index in [2.05, 4.69) is 10.6 Å². The van der Waals surface area contributed by atoms with Crippen LogP contribution in [0.5, 0.6) is 5.75 Å². The van der Waals surface area contributed by atoms with Gasteiger partial charge in [-0.2, -0.15) is 4.31 Å². The van der Waals surface area contributed by atoms with E-state index in [4.69, 9.17) is 4.74 Å². The highest BCUT2D eigenvalue weighted by molar-refractivity contribution is 7.89. The SMILES string of the molecule is Cc1cc2c(cc1S(=O)(=O)N1CCC[C@@H]1C(=O)NC[C@H](C)c1ccccc1)OCC(=O)N2. The lowest BCUT2D eigenvalue weighted by atomic mass is 10.0. The Hall–Kier alpha value is -2.91. The van der Waals surface area contributed by atoms with Gasteiger partial charge in [0.2, 0.25) is 15.9 Å². The average Bonchev–Trinajstić information content (AvgIpc) is 3.28. The first-order chi connectivity index (χ1) is 15.3. The Kier molecular flexibility index (Phi) is 6.21. The quantitative estimate of drug-likeness (QED) is 0.693. The van der Waals surface area contributed by atoms with Crippen molar-refractivity contribution >= 4 is 27.5 Å². The molecule has 2 amide bonds. The van der Waals surface area contributed by atoms with Crippen LogP contribution in [0.4, 0.5) is 5.69 Å². The maximum Gasteiger partial charge on any atom is 0.262 e. The molecule has 2 aromatic carbocycles. The molecule has 1 fully saturated rings. The third-order valence-corrected chi connectivity index (χ3v) is 8.00. The number of hydrogen-bond acceptors (Lipinski definition) is 5. The second-order valence-electron chi connectivity index (χ2n) is 8.28. The molecule has 0 unspecified atom stereocenters. The number of carbonyl (C=O) groups excluding carboxylic acids is 2. The molecule has 2 aromatic rings. The number of amides is 2. The molecule has 8 nitrogen and oxygen atoms in total. The van der Waals surface area contributed by atoms with Crippen molar-refractivity contribution in [2.24, 2.45) is 0 Å². The predicted octanol–water partition coefficient (Wildman–Crippen LogP) is 2.40. The van der Waals surface area contributed by atoms with E-state index in [1.165, 1.54) is 10.4 Å². The minimum Gasteiger partial charge on any atom is -0.482 e. The summed E-state index contributed by atoms with van der Waals surface area (Å²) in [5.74, 6) is -0.144. The number of nitrogens with zero attached hydrogens (tertiary/aromatic N) is 1. The molecular formula is C23H27N3O5S. The number of rotatable bonds is 6. The van der Waals surface area contributed by atoms with Gasteiger partial charge in [-0.25, -0.2) is 8.42 Å². The lowest BCUT2D eigenvalue weighted by Crippen LogP contribution is -2.46. The van der Waals surface area contributed by atoms with Gasteiger partial charge in [-0.05, 0) is 42.9 Å². The molecule has 32 heavy (non-hydrogen) atoms. The highest BCUT2D eigenvalue weighted by Crippen LogP contribution is 2.36. The van der Waals surface area contributed by atoms with Crippen LogP contribution < -0.4 is 15.4 Å². The molecule has 2 aliphatic rings. The molecule has 0 spiro atoms. The van der Waals surface area contributed by atoms with Crippen molar-refractivity contribution in [1.29, 1.82) is 0 Å². The van der Waals surface area contributed by atoms with Crippen LogP contribution >= 0.6 is 0 Å². The van der Waals surface area contributed by atoms with Crippen LogP contribution in [0.15, 0.2) is 47.4 Å². The van der Waals surface area contributed by atoms with Gasteiger partial charge in [0.25, 0.3) is 5.91 Å². The van der Waals surface area contributed by atoms with Gasteiger partial charge in [-0.15, -0.1) is 0 Å². The van der Waals surface area contributed by atoms with E-state index >= 15 is 0 Å². The van der Waals surface area contributed by atoms with E-state index in [0.29, 0.717) is 36.4 Å². The first-order valence-electron chi connectivity index (χ1n) is 10.7. The highest BCUT2D eigenvalue weighted by Gasteiger charge is 2.40. The fourth-order valence-corrected chi connectivity index (χ4v) is 6.06. The summed E-state index contributed by atoms with van der Waals surface area (Å²) in [6.45, 7) is 4.24. The number of fused-ring (bicyclic) bond motifs is 1. The van der Waals surface area contributed by atoms with E-state index in [1.54, 1.807) is 13.0 Å². The molecule has 0 bridgehead atoms. The fourth-order valence-electron chi connectivity index (χ4n) is 4.18. The lowest BCUT2D eigenvalue weighted by Gasteiger charge is -2.26. The molecule has 170 valence electrons. The van der Waals surface area contributed by atoms with Crippen molar-refractivity contribution in [3.05, 3.63) is 53.6 Å². The largest absolute Gasteiger partial charge is 0.482 e. The molecule has 0 saturated carbocycles. The third-order valence-electron chi connectivity index (χ3n) is 5.95. The molecule has 2 heterocycles. The van der Waals surface area contributed by atoms with E-state index in [-0.39, 0.29) is 35.8 Å². The van der Waals surface area contributed by atoms with Gasteiger partial charge in [-0.1, -0.05) is 37.3 Å². The number of ether oxygens (including phenoxy) is 1. The summed E-state index contributed by atoms with van der Waals surface area (Å²) in [4.78, 5) is 24.6. The van der Waals surface area contributed by atoms with E-state index in [9.17, 15) is 18.0 Å². The van der Waals surface area contributed by atoms with Gasteiger partial charge in [0.15, 0.2) is 6.61 Å². The molecular weight excluding hydrogens is 430 g/mol. The van der Waals surface area contributed by atoms with Crippen LogP contribution in [-0.4, -0.2) is 50.3 Å². The number of aryl methyl sites for hydroxylation is 1. The molecule has 1 saturated heterocycles. The number of hydrogen-bond donors (Lipinski definition) is 2. The first-order valence-corrected chi connectivity index (χ1v) is 12.1. The smallest absolute Gasteiger partial charge is 0.262 e. The number of benzene rings is 2. The molecule has 2 N–H and O–H groups in total. The number of nitrogens with one attached hydrogen (secondary N) is 2. The minimum absolute atomic E-state index is 0.0877. The van der Waals surface area contributed by atoms with Crippen molar-refractivity contribution < 1.29 is 22.7 Å². The van der Waals surface area contributed by atoms with Gasteiger partial charge >= 0.3 is 0 Å². The lowest BCUT2D eigenvalue weighted by molar-refractivity contribution is -0.124. The van der Waals surface area contributed by atoms with Crippen molar-refractivity contribution in [2.75, 3.05) is 25.0 Å². The second-order valence-corrected chi connectivity index (χ2v) is 10.1. The number of sulfonamides is 1. The minimum atomic E-state index is -3.92. The summed E-state index contributed by atoms with van der Waals surface area (Å²) in [7, 11) is -3.92. The molecule has 4 rings (SSSR count). The molecule has 0 radical (unpaired) electrons. The fraction of sp³-hybridized carbons (Fsp3) is 0.391. The molecule has 2 atom stereocenters. The van der Waals surface area contributed by atoms with Gasteiger partial charge in [-0.3, -0.25) is 9.59 Å². The van der Waals surface area contributed by atoms with Crippen LogP contribution in [0, 0.1) is 6.92 Å². The summed E-state index contributed by atoms with van der Waals surface area (Å²) in [6.07, 6.45) is 1.09. The molecule has 2 aliphatic heterocycles. The zero-order chi connectivity index (χ0) is 22.9. The van der Waals surface area contributed by atoms with Crippen LogP contribution in [0.25, 0.3) is 0 Å². The van der Waals surface area contributed by atoms with Crippen molar-refractivity contribution in [3.8, 4) is 5.75 Å². The van der Waals surface area contributed by atoms with Crippen LogP contribution in [-0.2, 0) is 19.6 Å². The first kappa shape index (κ1) is 22.3. The van der Waals surface area contributed by atoms with Gasteiger partial charge in [0.05, 0.1) is 10.6 Å². The third kappa shape index (κ3) is 4.35. The maximum atomic E-state index is 13.5. The summed E-state index contributed by atoms with van der Waals surface area (Å²) >= 11 is 0. The Balaban J connectivity index is 1.51. The van der Waals surface area contributed by atoms with Gasteiger partial charge < -0.3 is 15.4 Å². The van der Waals surface area contributed by atoms with E-state index in [1.807, 2.05) is 37.3 Å². The number of carbonyl (C=O) groups is 2. The summed E-state index contributed by atoms with van der Waals surface area (Å²) in [6, 6.07) is 12.1. The van der Waals surface area contributed by atoms with Gasteiger partial charge in [0.1, 0.15) is 11.8 Å². The van der Waals surface area contributed by atoms with Crippen molar-refractivity contribution in [3.63, 3.8) is 0 Å². The Morgan fingerprint density at radius 1 is 1.28 bits per heavy atom. The number of anilines is 1. The highest BCUT2D eigenvalue weighted by atomic mass is 32.2. The molecule has 9 heteroatoms. The van der Waals surface area contributed by atoms with Crippen LogP contribution in [0.1, 0.15) is 36.8 Å². The van der Waals surface area contributed by atoms with E-state index < -0.39 is 16.1 Å². The Labute approximate surface area is 188 Å². The summed E-state index contributed by atoms with van der Waals surface area (Å²) in [5.41, 5.74) is 2.04. The Morgan fingerprint density at radius 2 is 2.03 bits per heavy atom. The average molecular weight is 458 g/mol. The summed E-state index contributed by atoms with van der Waals surface area (Å²) in [5, 5.41) is 5.61. The normalized spacial score (nSPS) is 19.6. The van der Waals surface area contributed by atoms with Crippen LogP contribution in [0.3, 0.4) is 0 Å². The topological polar surface area (TPSA) is 105 Å². The van der Waals surface area contributed by atoms with Gasteiger partial charge in [0, 0.05) is 19.2 Å². The second kappa shape index (κ2) is 8.91. The molecule has 0 aromatic heterocycles. The Bertz CT molecular complexity index is 1130. The zero-order valence-corrected chi connectivity index (χ0v) is 18.9. The zero-order valence-electron chi connectivity index (χ0n) is 18.1. The van der Waals surface area contributed by atoms with Crippen molar-refractivity contribution in [2.45, 2.75) is 43.5 Å². The monoisotopic (exact) mass is 457 g/mol. The van der Waals surface area contributed by atoms with Crippen LogP contribution in [0.2, 0.25) is 0 Å². The molecule has 0 aliphatic carbocycles.